The van der Waals surface area contributed by atoms with Crippen LogP contribution in [0.25, 0.3) is 0 Å². The van der Waals surface area contributed by atoms with Gasteiger partial charge in [-0.15, -0.1) is 0 Å². The molecule has 104 valence electrons. The van der Waals surface area contributed by atoms with E-state index in [1.807, 2.05) is 0 Å². The molecule has 0 spiro atoms. The lowest BCUT2D eigenvalue weighted by molar-refractivity contribution is -0.127. The van der Waals surface area contributed by atoms with Crippen molar-refractivity contribution in [3.63, 3.8) is 0 Å². The number of carbonyl (C=O) groups excluding carboxylic acids is 1. The molecule has 0 heterocycles. The van der Waals surface area contributed by atoms with Crippen LogP contribution in [0.2, 0.25) is 0 Å². The van der Waals surface area contributed by atoms with E-state index >= 15 is 0 Å². The lowest BCUT2D eigenvalue weighted by atomic mass is 9.77. The highest BCUT2D eigenvalue weighted by molar-refractivity contribution is 5.79. The van der Waals surface area contributed by atoms with Crippen molar-refractivity contribution in [2.75, 3.05) is 0 Å². The highest BCUT2D eigenvalue weighted by Crippen LogP contribution is 2.30. The zero-order valence-electron chi connectivity index (χ0n) is 11.8. The summed E-state index contributed by atoms with van der Waals surface area (Å²) in [5.74, 6) is 1.86. The van der Waals surface area contributed by atoms with Crippen LogP contribution < -0.4 is 11.1 Å². The average Bonchev–Trinajstić information content (AvgIpc) is 2.36. The Balaban J connectivity index is 1.83. The smallest absolute Gasteiger partial charge is 0.223 e. The van der Waals surface area contributed by atoms with Gasteiger partial charge in [-0.05, 0) is 43.9 Å². The maximum absolute atomic E-state index is 12.3. The maximum atomic E-state index is 12.3. The first-order valence-corrected chi connectivity index (χ1v) is 7.64. The van der Waals surface area contributed by atoms with Gasteiger partial charge in [0.25, 0.3) is 0 Å². The number of hydrogen-bond donors (Lipinski definition) is 2. The Labute approximate surface area is 111 Å². The van der Waals surface area contributed by atoms with Gasteiger partial charge in [0, 0.05) is 18.0 Å². The predicted octanol–water partition coefficient (Wildman–Crippen LogP) is 2.44. The standard InChI is InChI=1S/C15H28N2O/c1-10-4-3-5-14(11(10)2)17-15(18)12-6-8-13(16)9-7-12/h10-14H,3-9,16H2,1-2H3,(H,17,18). The number of rotatable bonds is 2. The van der Waals surface area contributed by atoms with Gasteiger partial charge in [-0.2, -0.15) is 0 Å². The third kappa shape index (κ3) is 3.25. The Bertz CT molecular complexity index is 284. The molecule has 3 heteroatoms. The van der Waals surface area contributed by atoms with Gasteiger partial charge in [-0.25, -0.2) is 0 Å². The molecule has 0 bridgehead atoms. The summed E-state index contributed by atoms with van der Waals surface area (Å²) in [6.45, 7) is 4.59. The van der Waals surface area contributed by atoms with E-state index in [4.69, 9.17) is 5.73 Å². The summed E-state index contributed by atoms with van der Waals surface area (Å²) < 4.78 is 0. The molecule has 2 fully saturated rings. The first-order chi connectivity index (χ1) is 8.58. The zero-order valence-corrected chi connectivity index (χ0v) is 11.8. The fourth-order valence-electron chi connectivity index (χ4n) is 3.47. The van der Waals surface area contributed by atoms with E-state index in [2.05, 4.69) is 19.2 Å². The van der Waals surface area contributed by atoms with Gasteiger partial charge >= 0.3 is 0 Å². The third-order valence-corrected chi connectivity index (χ3v) is 5.18. The molecule has 18 heavy (non-hydrogen) atoms. The van der Waals surface area contributed by atoms with E-state index < -0.39 is 0 Å². The van der Waals surface area contributed by atoms with Gasteiger partial charge in [0.05, 0.1) is 0 Å². The molecular weight excluding hydrogens is 224 g/mol. The van der Waals surface area contributed by atoms with Crippen LogP contribution in [0.4, 0.5) is 0 Å². The van der Waals surface area contributed by atoms with Crippen LogP contribution in [0.1, 0.15) is 58.8 Å². The second kappa shape index (κ2) is 6.05. The lowest BCUT2D eigenvalue weighted by Crippen LogP contribution is -2.46. The van der Waals surface area contributed by atoms with E-state index in [1.54, 1.807) is 0 Å². The molecule has 0 aliphatic heterocycles. The predicted molar refractivity (Wildman–Crippen MR) is 74.0 cm³/mol. The Morgan fingerprint density at radius 2 is 1.72 bits per heavy atom. The fraction of sp³-hybridized carbons (Fsp3) is 0.933. The summed E-state index contributed by atoms with van der Waals surface area (Å²) in [6, 6.07) is 0.722. The number of carbonyl (C=O) groups is 1. The van der Waals surface area contributed by atoms with Crippen LogP contribution in [0, 0.1) is 17.8 Å². The third-order valence-electron chi connectivity index (χ3n) is 5.18. The largest absolute Gasteiger partial charge is 0.353 e. The van der Waals surface area contributed by atoms with E-state index in [-0.39, 0.29) is 11.8 Å². The molecule has 3 N–H and O–H groups in total. The Morgan fingerprint density at radius 1 is 1.06 bits per heavy atom. The Morgan fingerprint density at radius 3 is 2.39 bits per heavy atom. The summed E-state index contributed by atoms with van der Waals surface area (Å²) in [7, 11) is 0. The minimum atomic E-state index is 0.217. The molecule has 3 nitrogen and oxygen atoms in total. The van der Waals surface area contributed by atoms with E-state index in [9.17, 15) is 4.79 Å². The van der Waals surface area contributed by atoms with Crippen LogP contribution in [0.3, 0.4) is 0 Å². The van der Waals surface area contributed by atoms with Crippen molar-refractivity contribution in [3.8, 4) is 0 Å². The molecule has 2 rings (SSSR count). The lowest BCUT2D eigenvalue weighted by Gasteiger charge is -2.36. The molecule has 3 atom stereocenters. The quantitative estimate of drug-likeness (QED) is 0.793. The highest BCUT2D eigenvalue weighted by atomic mass is 16.1. The minimum Gasteiger partial charge on any atom is -0.353 e. The Kier molecular flexibility index (Phi) is 4.66. The van der Waals surface area contributed by atoms with Crippen LogP contribution >= 0.6 is 0 Å². The summed E-state index contributed by atoms with van der Waals surface area (Å²) in [5.41, 5.74) is 5.89. The van der Waals surface area contributed by atoms with Gasteiger partial charge in [0.2, 0.25) is 5.91 Å². The first kappa shape index (κ1) is 13.9. The fourth-order valence-corrected chi connectivity index (χ4v) is 3.47. The van der Waals surface area contributed by atoms with Crippen LogP contribution in [-0.4, -0.2) is 18.0 Å². The van der Waals surface area contributed by atoms with Gasteiger partial charge in [0.1, 0.15) is 0 Å². The van der Waals surface area contributed by atoms with Crippen molar-refractivity contribution in [1.29, 1.82) is 0 Å². The molecule has 2 saturated carbocycles. The van der Waals surface area contributed by atoms with Gasteiger partial charge in [-0.1, -0.05) is 26.7 Å². The van der Waals surface area contributed by atoms with Crippen LogP contribution in [0.5, 0.6) is 0 Å². The van der Waals surface area contributed by atoms with Crippen LogP contribution in [0.15, 0.2) is 0 Å². The van der Waals surface area contributed by atoms with Crippen LogP contribution in [-0.2, 0) is 4.79 Å². The number of amides is 1. The Hall–Kier alpha value is -0.570. The van der Waals surface area contributed by atoms with Crippen molar-refractivity contribution in [3.05, 3.63) is 0 Å². The average molecular weight is 252 g/mol. The molecule has 0 aromatic rings. The van der Waals surface area contributed by atoms with E-state index in [0.29, 0.717) is 18.0 Å². The number of nitrogens with one attached hydrogen (secondary N) is 1. The summed E-state index contributed by atoms with van der Waals surface area (Å²) >= 11 is 0. The second-order valence-electron chi connectivity index (χ2n) is 6.49. The zero-order chi connectivity index (χ0) is 13.1. The maximum Gasteiger partial charge on any atom is 0.223 e. The molecule has 2 aliphatic rings. The van der Waals surface area contributed by atoms with Crippen molar-refractivity contribution >= 4 is 5.91 Å². The molecule has 1 amide bonds. The topological polar surface area (TPSA) is 55.1 Å². The second-order valence-corrected chi connectivity index (χ2v) is 6.49. The van der Waals surface area contributed by atoms with Crippen molar-refractivity contribution < 1.29 is 4.79 Å². The van der Waals surface area contributed by atoms with Crippen molar-refractivity contribution in [2.45, 2.75) is 70.9 Å². The van der Waals surface area contributed by atoms with Crippen molar-refractivity contribution in [2.24, 2.45) is 23.5 Å². The first-order valence-electron chi connectivity index (χ1n) is 7.64. The van der Waals surface area contributed by atoms with Gasteiger partial charge < -0.3 is 11.1 Å². The number of hydrogen-bond acceptors (Lipinski definition) is 2. The monoisotopic (exact) mass is 252 g/mol. The summed E-state index contributed by atoms with van der Waals surface area (Å²) in [6.07, 6.45) is 7.69. The molecule has 0 radical (unpaired) electrons. The van der Waals surface area contributed by atoms with Gasteiger partial charge in [-0.3, -0.25) is 4.79 Å². The summed E-state index contributed by atoms with van der Waals surface area (Å²) in [5, 5.41) is 3.30. The molecule has 3 unspecified atom stereocenters. The normalized spacial score (nSPS) is 41.4. The number of nitrogens with two attached hydrogens (primary N) is 1. The highest BCUT2D eigenvalue weighted by Gasteiger charge is 2.31. The van der Waals surface area contributed by atoms with Crippen molar-refractivity contribution in [1.82, 2.24) is 5.32 Å². The van der Waals surface area contributed by atoms with E-state index in [1.165, 1.54) is 12.8 Å². The minimum absolute atomic E-state index is 0.217. The summed E-state index contributed by atoms with van der Waals surface area (Å²) in [4.78, 5) is 12.3. The molecule has 2 aliphatic carbocycles. The SMILES string of the molecule is CC1CCCC(NC(=O)C2CCC(N)CC2)C1C. The molecule has 0 aromatic carbocycles. The molecule has 0 aromatic heterocycles. The molecule has 0 saturated heterocycles. The van der Waals surface area contributed by atoms with E-state index in [0.717, 1.165) is 38.0 Å². The van der Waals surface area contributed by atoms with Gasteiger partial charge in [0.15, 0.2) is 0 Å². The molecular formula is C15H28N2O.